The van der Waals surface area contributed by atoms with Gasteiger partial charge in [-0.2, -0.15) is 10.1 Å². The number of nitrogens with zero attached hydrogens (tertiary/aromatic N) is 3. The molecule has 128 valence electrons. The van der Waals surface area contributed by atoms with Crippen LogP contribution in [-0.4, -0.2) is 15.2 Å². The summed E-state index contributed by atoms with van der Waals surface area (Å²) in [6.07, 6.45) is 1.63. The zero-order chi connectivity index (χ0) is 17.8. The molecule has 0 aliphatic heterocycles. The standard InChI is InChI=1S/C20H23N5/c1-13(2)16-7-5-6-8-18(16)22-19-12-21-25-20(24-19)23-17-10-9-14(3)11-15(17)4/h5-13H,1-4H3,(H2,22,23,24,25). The number of anilines is 4. The predicted molar refractivity (Wildman–Crippen MR) is 103 cm³/mol. The summed E-state index contributed by atoms with van der Waals surface area (Å²) in [6.45, 7) is 8.48. The molecule has 25 heavy (non-hydrogen) atoms. The summed E-state index contributed by atoms with van der Waals surface area (Å²) in [5.41, 5.74) is 5.63. The van der Waals surface area contributed by atoms with Crippen LogP contribution in [0.2, 0.25) is 0 Å². The Labute approximate surface area is 148 Å². The van der Waals surface area contributed by atoms with Crippen molar-refractivity contribution in [1.29, 1.82) is 0 Å². The van der Waals surface area contributed by atoms with Gasteiger partial charge in [-0.05, 0) is 43.0 Å². The molecule has 0 aliphatic rings. The van der Waals surface area contributed by atoms with Crippen LogP contribution in [0, 0.1) is 13.8 Å². The van der Waals surface area contributed by atoms with Gasteiger partial charge >= 0.3 is 0 Å². The maximum absolute atomic E-state index is 4.53. The molecule has 2 N–H and O–H groups in total. The molecular formula is C20H23N5. The minimum Gasteiger partial charge on any atom is -0.339 e. The van der Waals surface area contributed by atoms with E-state index < -0.39 is 0 Å². The monoisotopic (exact) mass is 333 g/mol. The third kappa shape index (κ3) is 4.12. The van der Waals surface area contributed by atoms with Gasteiger partial charge in [0.15, 0.2) is 5.82 Å². The molecule has 0 radical (unpaired) electrons. The molecule has 0 aliphatic carbocycles. The first kappa shape index (κ1) is 16.9. The molecule has 3 rings (SSSR count). The smallest absolute Gasteiger partial charge is 0.249 e. The lowest BCUT2D eigenvalue weighted by molar-refractivity contribution is 0.868. The Hall–Kier alpha value is -2.95. The van der Waals surface area contributed by atoms with Gasteiger partial charge in [-0.1, -0.05) is 49.7 Å². The maximum Gasteiger partial charge on any atom is 0.249 e. The number of hydrogen-bond acceptors (Lipinski definition) is 5. The summed E-state index contributed by atoms with van der Waals surface area (Å²) in [7, 11) is 0. The zero-order valence-electron chi connectivity index (χ0n) is 15.0. The van der Waals surface area contributed by atoms with Gasteiger partial charge in [0.1, 0.15) is 0 Å². The largest absolute Gasteiger partial charge is 0.339 e. The predicted octanol–water partition coefficient (Wildman–Crippen LogP) is 5.10. The Kier molecular flexibility index (Phi) is 4.93. The van der Waals surface area contributed by atoms with Crippen LogP contribution in [0.4, 0.5) is 23.1 Å². The van der Waals surface area contributed by atoms with E-state index in [0.717, 1.165) is 16.9 Å². The normalized spacial score (nSPS) is 10.8. The van der Waals surface area contributed by atoms with Crippen molar-refractivity contribution in [3.8, 4) is 0 Å². The molecule has 5 heteroatoms. The van der Waals surface area contributed by atoms with Crippen LogP contribution in [0.25, 0.3) is 0 Å². The SMILES string of the molecule is Cc1ccc(Nc2nncc(Nc3ccccc3C(C)C)n2)c(C)c1. The van der Waals surface area contributed by atoms with Crippen LogP contribution >= 0.6 is 0 Å². The second-order valence-corrected chi connectivity index (χ2v) is 6.48. The van der Waals surface area contributed by atoms with E-state index >= 15 is 0 Å². The van der Waals surface area contributed by atoms with Crippen molar-refractivity contribution in [2.75, 3.05) is 10.6 Å². The highest BCUT2D eigenvalue weighted by Gasteiger charge is 2.08. The van der Waals surface area contributed by atoms with Gasteiger partial charge < -0.3 is 10.6 Å². The number of aromatic nitrogens is 3. The molecule has 0 fully saturated rings. The number of rotatable bonds is 5. The van der Waals surface area contributed by atoms with Crippen molar-refractivity contribution in [3.63, 3.8) is 0 Å². The van der Waals surface area contributed by atoms with Crippen molar-refractivity contribution in [2.45, 2.75) is 33.6 Å². The third-order valence-electron chi connectivity index (χ3n) is 4.03. The summed E-state index contributed by atoms with van der Waals surface area (Å²) in [5.74, 6) is 1.56. The summed E-state index contributed by atoms with van der Waals surface area (Å²) >= 11 is 0. The maximum atomic E-state index is 4.53. The molecule has 0 unspecified atom stereocenters. The molecular weight excluding hydrogens is 310 g/mol. The zero-order valence-corrected chi connectivity index (χ0v) is 15.0. The average molecular weight is 333 g/mol. The second kappa shape index (κ2) is 7.30. The van der Waals surface area contributed by atoms with E-state index in [-0.39, 0.29) is 0 Å². The molecule has 0 amide bonds. The van der Waals surface area contributed by atoms with Gasteiger partial charge in [0.25, 0.3) is 0 Å². The highest BCUT2D eigenvalue weighted by Crippen LogP contribution is 2.26. The van der Waals surface area contributed by atoms with Crippen molar-refractivity contribution >= 4 is 23.1 Å². The minimum absolute atomic E-state index is 0.422. The summed E-state index contributed by atoms with van der Waals surface area (Å²) < 4.78 is 0. The third-order valence-corrected chi connectivity index (χ3v) is 4.03. The fourth-order valence-electron chi connectivity index (χ4n) is 2.74. The van der Waals surface area contributed by atoms with Crippen LogP contribution in [0.15, 0.2) is 48.7 Å². The Morgan fingerprint density at radius 2 is 1.72 bits per heavy atom. The molecule has 0 bridgehead atoms. The van der Waals surface area contributed by atoms with Gasteiger partial charge in [-0.15, -0.1) is 5.10 Å². The highest BCUT2D eigenvalue weighted by molar-refractivity contribution is 5.63. The van der Waals surface area contributed by atoms with Crippen molar-refractivity contribution in [1.82, 2.24) is 15.2 Å². The second-order valence-electron chi connectivity index (χ2n) is 6.48. The van der Waals surface area contributed by atoms with Gasteiger partial charge in [0, 0.05) is 11.4 Å². The van der Waals surface area contributed by atoms with Crippen LogP contribution in [0.5, 0.6) is 0 Å². The van der Waals surface area contributed by atoms with Gasteiger partial charge in [0.2, 0.25) is 5.95 Å². The first-order chi connectivity index (χ1) is 12.0. The summed E-state index contributed by atoms with van der Waals surface area (Å²) in [6, 6.07) is 14.4. The highest BCUT2D eigenvalue weighted by atomic mass is 15.3. The summed E-state index contributed by atoms with van der Waals surface area (Å²) in [4.78, 5) is 4.53. The fraction of sp³-hybridized carbons (Fsp3) is 0.250. The van der Waals surface area contributed by atoms with Crippen molar-refractivity contribution in [3.05, 3.63) is 65.4 Å². The Morgan fingerprint density at radius 1 is 0.920 bits per heavy atom. The first-order valence-corrected chi connectivity index (χ1v) is 8.43. The topological polar surface area (TPSA) is 62.7 Å². The number of hydrogen-bond donors (Lipinski definition) is 2. The molecule has 1 heterocycles. The first-order valence-electron chi connectivity index (χ1n) is 8.43. The van der Waals surface area contributed by atoms with E-state index in [1.807, 2.05) is 18.2 Å². The van der Waals surface area contributed by atoms with E-state index in [0.29, 0.717) is 17.7 Å². The van der Waals surface area contributed by atoms with E-state index in [1.54, 1.807) is 6.20 Å². The number of aryl methyl sites for hydroxylation is 2. The van der Waals surface area contributed by atoms with E-state index in [1.165, 1.54) is 11.1 Å². The van der Waals surface area contributed by atoms with Crippen LogP contribution in [-0.2, 0) is 0 Å². The molecule has 0 atom stereocenters. The van der Waals surface area contributed by atoms with Gasteiger partial charge in [-0.3, -0.25) is 0 Å². The van der Waals surface area contributed by atoms with Gasteiger partial charge in [0.05, 0.1) is 6.20 Å². The van der Waals surface area contributed by atoms with Crippen LogP contribution in [0.3, 0.4) is 0 Å². The Balaban J connectivity index is 1.82. The lowest BCUT2D eigenvalue weighted by Gasteiger charge is -2.14. The van der Waals surface area contributed by atoms with Crippen LogP contribution < -0.4 is 10.6 Å². The van der Waals surface area contributed by atoms with Crippen molar-refractivity contribution in [2.24, 2.45) is 0 Å². The van der Waals surface area contributed by atoms with E-state index in [2.05, 4.69) is 77.8 Å². The Morgan fingerprint density at radius 3 is 2.48 bits per heavy atom. The average Bonchev–Trinajstić information content (AvgIpc) is 2.58. The number of para-hydroxylation sites is 1. The minimum atomic E-state index is 0.422. The lowest BCUT2D eigenvalue weighted by atomic mass is 10.0. The summed E-state index contributed by atoms with van der Waals surface area (Å²) in [5, 5.41) is 14.7. The molecule has 1 aromatic heterocycles. The quantitative estimate of drug-likeness (QED) is 0.680. The molecule has 0 spiro atoms. The van der Waals surface area contributed by atoms with Crippen LogP contribution in [0.1, 0.15) is 36.5 Å². The molecule has 5 nitrogen and oxygen atoms in total. The molecule has 3 aromatic rings. The molecule has 2 aromatic carbocycles. The van der Waals surface area contributed by atoms with E-state index in [4.69, 9.17) is 0 Å². The fourth-order valence-corrected chi connectivity index (χ4v) is 2.74. The number of nitrogens with one attached hydrogen (secondary N) is 2. The Bertz CT molecular complexity index is 873. The van der Waals surface area contributed by atoms with Crippen molar-refractivity contribution < 1.29 is 0 Å². The van der Waals surface area contributed by atoms with Gasteiger partial charge in [-0.25, -0.2) is 0 Å². The molecule has 0 saturated carbocycles. The lowest BCUT2D eigenvalue weighted by Crippen LogP contribution is -2.04. The number of benzene rings is 2. The van der Waals surface area contributed by atoms with E-state index in [9.17, 15) is 0 Å². The molecule has 0 saturated heterocycles.